The van der Waals surface area contributed by atoms with Crippen LogP contribution in [0.4, 0.5) is 0 Å². The molecule has 1 aliphatic heterocycles. The highest BCUT2D eigenvalue weighted by molar-refractivity contribution is 9.10. The Morgan fingerprint density at radius 3 is 1.82 bits per heavy atom. The second-order valence-electron chi connectivity index (χ2n) is 6.39. The Kier molecular flexibility index (Phi) is 4.83. The van der Waals surface area contributed by atoms with Gasteiger partial charge in [0.15, 0.2) is 0 Å². The summed E-state index contributed by atoms with van der Waals surface area (Å²) in [7, 11) is 2.67. The van der Waals surface area contributed by atoms with E-state index in [1.54, 1.807) is 14.2 Å². The Balaban J connectivity index is 2.33. The first kappa shape index (κ1) is 17.6. The van der Waals surface area contributed by atoms with Crippen LogP contribution in [0, 0.1) is 0 Å². The van der Waals surface area contributed by atoms with Crippen molar-refractivity contribution in [1.82, 2.24) is 0 Å². The fourth-order valence-electron chi connectivity index (χ4n) is 2.27. The van der Waals surface area contributed by atoms with Crippen molar-refractivity contribution in [3.63, 3.8) is 0 Å². The molecule has 122 valence electrons. The van der Waals surface area contributed by atoms with Crippen molar-refractivity contribution in [3.8, 4) is 11.5 Å². The third-order valence-corrected chi connectivity index (χ3v) is 5.20. The van der Waals surface area contributed by atoms with Gasteiger partial charge in [-0.05, 0) is 61.3 Å². The summed E-state index contributed by atoms with van der Waals surface area (Å²) in [5, 5.41) is 0. The van der Waals surface area contributed by atoms with E-state index < -0.39 is 24.3 Å². The van der Waals surface area contributed by atoms with Crippen LogP contribution in [-0.4, -0.2) is 32.5 Å². The molecule has 1 aromatic carbocycles. The minimum Gasteiger partial charge on any atom is -0.495 e. The van der Waals surface area contributed by atoms with Crippen molar-refractivity contribution < 1.29 is 18.8 Å². The summed E-state index contributed by atoms with van der Waals surface area (Å²) in [6.45, 7) is 8.01. The van der Waals surface area contributed by atoms with Gasteiger partial charge in [0.25, 0.3) is 0 Å². The lowest BCUT2D eigenvalue weighted by Gasteiger charge is -2.32. The zero-order valence-corrected chi connectivity index (χ0v) is 15.5. The predicted octanol–water partition coefficient (Wildman–Crippen LogP) is 3.10. The van der Waals surface area contributed by atoms with Crippen molar-refractivity contribution in [2.24, 2.45) is 5.73 Å². The number of ether oxygens (including phenoxy) is 2. The predicted molar refractivity (Wildman–Crippen MR) is 90.3 cm³/mol. The van der Waals surface area contributed by atoms with Gasteiger partial charge in [0, 0.05) is 0 Å². The molecule has 0 unspecified atom stereocenters. The first-order valence-corrected chi connectivity index (χ1v) is 7.95. The highest BCUT2D eigenvalue weighted by atomic mass is 79.9. The van der Waals surface area contributed by atoms with Gasteiger partial charge in [-0.25, -0.2) is 0 Å². The largest absolute Gasteiger partial charge is 0.495 e. The van der Waals surface area contributed by atoms with Gasteiger partial charge < -0.3 is 24.5 Å². The van der Waals surface area contributed by atoms with Crippen molar-refractivity contribution in [2.75, 3.05) is 14.2 Å². The molecular formula is C15H23BBrNO4. The average Bonchev–Trinajstić information content (AvgIpc) is 2.67. The summed E-state index contributed by atoms with van der Waals surface area (Å²) < 4.78 is 23.5. The number of rotatable bonds is 4. The topological polar surface area (TPSA) is 62.9 Å². The minimum absolute atomic E-state index is 0.418. The first-order chi connectivity index (χ1) is 10.1. The molecule has 1 fully saturated rings. The van der Waals surface area contributed by atoms with E-state index >= 15 is 0 Å². The van der Waals surface area contributed by atoms with Crippen LogP contribution in [0.25, 0.3) is 0 Å². The maximum Gasteiger partial charge on any atom is 0.480 e. The van der Waals surface area contributed by atoms with E-state index in [1.165, 1.54) is 0 Å². The Morgan fingerprint density at radius 2 is 1.45 bits per heavy atom. The maximum atomic E-state index is 6.36. The van der Waals surface area contributed by atoms with Gasteiger partial charge in [0.2, 0.25) is 0 Å². The quantitative estimate of drug-likeness (QED) is 0.824. The molecular weight excluding hydrogens is 349 g/mol. The molecule has 0 spiro atoms. The molecule has 0 amide bonds. The molecule has 2 rings (SSSR count). The molecule has 1 heterocycles. The van der Waals surface area contributed by atoms with Crippen LogP contribution in [-0.2, 0) is 9.31 Å². The summed E-state index contributed by atoms with van der Waals surface area (Å²) in [6, 6.07) is 3.73. The molecule has 0 radical (unpaired) electrons. The van der Waals surface area contributed by atoms with Crippen LogP contribution < -0.4 is 15.2 Å². The molecule has 0 bridgehead atoms. The Labute approximate surface area is 140 Å². The fraction of sp³-hybridized carbons (Fsp3) is 0.600. The van der Waals surface area contributed by atoms with E-state index in [0.717, 1.165) is 10.0 Å². The zero-order chi connectivity index (χ0) is 16.7. The van der Waals surface area contributed by atoms with E-state index in [4.69, 9.17) is 24.5 Å². The third kappa shape index (κ3) is 3.00. The number of methoxy groups -OCH3 is 2. The van der Waals surface area contributed by atoms with Crippen molar-refractivity contribution >= 4 is 23.0 Å². The van der Waals surface area contributed by atoms with Crippen LogP contribution in [0.2, 0.25) is 0 Å². The molecule has 5 nitrogen and oxygen atoms in total. The summed E-state index contributed by atoms with van der Waals surface area (Å²) in [4.78, 5) is 0. The Bertz CT molecular complexity index is 523. The molecule has 2 N–H and O–H groups in total. The average molecular weight is 372 g/mol. The molecule has 22 heavy (non-hydrogen) atoms. The second kappa shape index (κ2) is 6.04. The SMILES string of the molecule is COc1cc([C@@H](N)B2OC(C)(C)C(C)(C)O2)cc(OC)c1Br. The van der Waals surface area contributed by atoms with E-state index in [9.17, 15) is 0 Å². The van der Waals surface area contributed by atoms with Crippen LogP contribution in [0.1, 0.15) is 39.2 Å². The number of hydrogen-bond acceptors (Lipinski definition) is 5. The number of hydrogen-bond donors (Lipinski definition) is 1. The number of halogens is 1. The van der Waals surface area contributed by atoms with Gasteiger partial charge in [0.1, 0.15) is 16.0 Å². The Morgan fingerprint density at radius 1 is 1.05 bits per heavy atom. The minimum atomic E-state index is -0.527. The second-order valence-corrected chi connectivity index (χ2v) is 7.18. The van der Waals surface area contributed by atoms with Crippen LogP contribution in [0.15, 0.2) is 16.6 Å². The van der Waals surface area contributed by atoms with Crippen molar-refractivity contribution in [2.45, 2.75) is 44.8 Å². The summed E-state index contributed by atoms with van der Waals surface area (Å²) >= 11 is 3.45. The van der Waals surface area contributed by atoms with Gasteiger partial charge in [-0.15, -0.1) is 0 Å². The molecule has 7 heteroatoms. The standard InChI is InChI=1S/C15H23BBrNO4/c1-14(2)15(3,4)22-16(21-14)13(18)9-7-10(19-5)12(17)11(8-9)20-6/h7-8,13H,18H2,1-6H3/t13-/m1/s1. The number of benzene rings is 1. The molecule has 0 saturated carbocycles. The smallest absolute Gasteiger partial charge is 0.480 e. The molecule has 1 aromatic rings. The fourth-order valence-corrected chi connectivity index (χ4v) is 2.83. The van der Waals surface area contributed by atoms with Gasteiger partial charge in [-0.3, -0.25) is 0 Å². The van der Waals surface area contributed by atoms with E-state index in [2.05, 4.69) is 15.9 Å². The maximum absolute atomic E-state index is 6.36. The Hall–Kier alpha value is -0.755. The zero-order valence-electron chi connectivity index (χ0n) is 13.9. The molecule has 1 saturated heterocycles. The van der Waals surface area contributed by atoms with Gasteiger partial charge in [-0.1, -0.05) is 0 Å². The normalized spacial score (nSPS) is 20.8. The lowest BCUT2D eigenvalue weighted by molar-refractivity contribution is 0.00578. The van der Waals surface area contributed by atoms with Crippen LogP contribution >= 0.6 is 15.9 Å². The number of nitrogens with two attached hydrogens (primary N) is 1. The molecule has 1 aliphatic rings. The van der Waals surface area contributed by atoms with Crippen LogP contribution in [0.3, 0.4) is 0 Å². The summed E-state index contributed by atoms with van der Waals surface area (Å²) in [5.41, 5.74) is 6.36. The van der Waals surface area contributed by atoms with Gasteiger partial charge >= 0.3 is 7.12 Å². The summed E-state index contributed by atoms with van der Waals surface area (Å²) in [6.07, 6.45) is 0. The lowest BCUT2D eigenvalue weighted by Crippen LogP contribution is -2.41. The first-order valence-electron chi connectivity index (χ1n) is 7.15. The third-order valence-electron chi connectivity index (χ3n) is 4.42. The van der Waals surface area contributed by atoms with Crippen molar-refractivity contribution in [3.05, 3.63) is 22.2 Å². The lowest BCUT2D eigenvalue weighted by atomic mass is 9.75. The monoisotopic (exact) mass is 371 g/mol. The van der Waals surface area contributed by atoms with Crippen LogP contribution in [0.5, 0.6) is 11.5 Å². The van der Waals surface area contributed by atoms with E-state index in [-0.39, 0.29) is 0 Å². The van der Waals surface area contributed by atoms with E-state index in [0.29, 0.717) is 11.5 Å². The molecule has 0 aromatic heterocycles. The highest BCUT2D eigenvalue weighted by Gasteiger charge is 2.53. The molecule has 1 atom stereocenters. The van der Waals surface area contributed by atoms with Gasteiger partial charge in [0.05, 0.1) is 31.4 Å². The van der Waals surface area contributed by atoms with Gasteiger partial charge in [-0.2, -0.15) is 0 Å². The molecule has 0 aliphatic carbocycles. The summed E-state index contributed by atoms with van der Waals surface area (Å²) in [5.74, 6) is 0.861. The highest BCUT2D eigenvalue weighted by Crippen LogP contribution is 2.42. The van der Waals surface area contributed by atoms with Crippen molar-refractivity contribution in [1.29, 1.82) is 0 Å². The van der Waals surface area contributed by atoms with E-state index in [1.807, 2.05) is 39.8 Å².